The Labute approximate surface area is 146 Å². The molecule has 1 aromatic rings. The Bertz CT molecular complexity index is 788. The average Bonchev–Trinajstić information content (AvgIpc) is 2.47. The van der Waals surface area contributed by atoms with Gasteiger partial charge >= 0.3 is 12.3 Å². The van der Waals surface area contributed by atoms with Crippen molar-refractivity contribution in [1.82, 2.24) is 10.0 Å². The lowest BCUT2D eigenvalue weighted by Crippen LogP contribution is -2.60. The van der Waals surface area contributed by atoms with Gasteiger partial charge in [-0.05, 0) is 43.5 Å². The number of benzene rings is 1. The molecule has 0 unspecified atom stereocenters. The topological polar surface area (TPSA) is 122 Å². The van der Waals surface area contributed by atoms with E-state index in [4.69, 9.17) is 5.11 Å². The molecule has 1 saturated carbocycles. The number of hydrogen-bond donors (Lipinski definition) is 3. The second kappa shape index (κ2) is 7.11. The Kier molecular flexibility index (Phi) is 5.47. The molecule has 0 aliphatic heterocycles. The Hall–Kier alpha value is -2.34. The molecule has 0 spiro atoms. The van der Waals surface area contributed by atoms with Crippen molar-refractivity contribution in [1.29, 1.82) is 0 Å². The zero-order chi connectivity index (χ0) is 19.6. The summed E-state index contributed by atoms with van der Waals surface area (Å²) in [5.74, 6) is -2.62. The van der Waals surface area contributed by atoms with Crippen molar-refractivity contribution in [2.45, 2.75) is 36.1 Å². The summed E-state index contributed by atoms with van der Waals surface area (Å²) in [6, 6.07) is 3.39. The Morgan fingerprint density at radius 1 is 1.19 bits per heavy atom. The molecule has 1 aromatic carbocycles. The molecule has 1 aliphatic rings. The third-order valence-corrected chi connectivity index (χ3v) is 5.20. The number of amides is 1. The summed E-state index contributed by atoms with van der Waals surface area (Å²) >= 11 is 0. The molecule has 12 heteroatoms. The molecule has 1 amide bonds. The molecule has 0 atom stereocenters. The molecular formula is C14H15F3N2O6S. The summed E-state index contributed by atoms with van der Waals surface area (Å²) < 4.78 is 65.9. The summed E-state index contributed by atoms with van der Waals surface area (Å²) in [7, 11) is -4.18. The number of carboxylic acid groups (broad SMARTS) is 1. The maximum atomic E-state index is 12.1. The number of sulfonamides is 1. The minimum Gasteiger partial charge on any atom is -0.480 e. The van der Waals surface area contributed by atoms with Gasteiger partial charge in [-0.1, -0.05) is 0 Å². The first-order valence-electron chi connectivity index (χ1n) is 7.33. The van der Waals surface area contributed by atoms with Gasteiger partial charge in [0.15, 0.2) is 0 Å². The van der Waals surface area contributed by atoms with Crippen LogP contribution in [0.4, 0.5) is 13.2 Å². The van der Waals surface area contributed by atoms with Crippen molar-refractivity contribution < 1.29 is 41.0 Å². The largest absolute Gasteiger partial charge is 0.573 e. The Balaban J connectivity index is 1.96. The van der Waals surface area contributed by atoms with Gasteiger partial charge in [-0.2, -0.15) is 0 Å². The molecule has 8 nitrogen and oxygen atoms in total. The number of carboxylic acids is 1. The fourth-order valence-electron chi connectivity index (χ4n) is 2.30. The summed E-state index contributed by atoms with van der Waals surface area (Å²) in [6.45, 7) is -0.710. The summed E-state index contributed by atoms with van der Waals surface area (Å²) in [5.41, 5.74) is -1.38. The molecule has 0 bridgehead atoms. The first kappa shape index (κ1) is 20.0. The van der Waals surface area contributed by atoms with Gasteiger partial charge in [0.2, 0.25) is 15.9 Å². The van der Waals surface area contributed by atoms with Crippen LogP contribution in [0.5, 0.6) is 5.75 Å². The van der Waals surface area contributed by atoms with Gasteiger partial charge in [0.25, 0.3) is 0 Å². The van der Waals surface area contributed by atoms with Crippen LogP contribution in [0.3, 0.4) is 0 Å². The zero-order valence-electron chi connectivity index (χ0n) is 13.2. The summed E-state index contributed by atoms with van der Waals surface area (Å²) in [6.07, 6.45) is -3.77. The monoisotopic (exact) mass is 396 g/mol. The number of carbonyl (C=O) groups excluding carboxylic acids is 1. The molecule has 2 rings (SSSR count). The normalized spacial score (nSPS) is 16.4. The van der Waals surface area contributed by atoms with Crippen LogP contribution < -0.4 is 14.8 Å². The van der Waals surface area contributed by atoms with E-state index in [1.807, 2.05) is 4.72 Å². The van der Waals surface area contributed by atoms with Crippen LogP contribution in [0, 0.1) is 0 Å². The van der Waals surface area contributed by atoms with Crippen LogP contribution in [0.15, 0.2) is 29.2 Å². The number of carbonyl (C=O) groups is 2. The lowest BCUT2D eigenvalue weighted by atomic mass is 9.77. The number of ether oxygens (including phenoxy) is 1. The number of rotatable bonds is 7. The van der Waals surface area contributed by atoms with Crippen molar-refractivity contribution in [3.05, 3.63) is 24.3 Å². The summed E-state index contributed by atoms with van der Waals surface area (Å²) in [4.78, 5) is 22.6. The third kappa shape index (κ3) is 4.85. The van der Waals surface area contributed by atoms with Crippen LogP contribution >= 0.6 is 0 Å². The number of nitrogens with one attached hydrogen (secondary N) is 2. The smallest absolute Gasteiger partial charge is 0.480 e. The molecule has 0 heterocycles. The third-order valence-electron chi connectivity index (χ3n) is 3.79. The SMILES string of the molecule is O=C(CNS(=O)(=O)c1ccc(OC(F)(F)F)cc1)NC1(C(=O)O)CCC1. The molecule has 0 radical (unpaired) electrons. The van der Waals surface area contributed by atoms with Crippen LogP contribution in [-0.4, -0.2) is 43.8 Å². The predicted molar refractivity (Wildman–Crippen MR) is 80.7 cm³/mol. The van der Waals surface area contributed by atoms with Gasteiger partial charge in [0, 0.05) is 0 Å². The number of hydrogen-bond acceptors (Lipinski definition) is 5. The Morgan fingerprint density at radius 3 is 2.19 bits per heavy atom. The second-order valence-electron chi connectivity index (χ2n) is 5.63. The quantitative estimate of drug-likeness (QED) is 0.632. The first-order valence-corrected chi connectivity index (χ1v) is 8.82. The lowest BCUT2D eigenvalue weighted by molar-refractivity contribution is -0.274. The van der Waals surface area contributed by atoms with E-state index in [1.54, 1.807) is 0 Å². The van der Waals surface area contributed by atoms with E-state index in [1.165, 1.54) is 0 Å². The van der Waals surface area contributed by atoms with Crippen molar-refractivity contribution >= 4 is 21.9 Å². The fourth-order valence-corrected chi connectivity index (χ4v) is 3.28. The summed E-state index contributed by atoms with van der Waals surface area (Å²) in [5, 5.41) is 11.4. The maximum Gasteiger partial charge on any atom is 0.573 e. The van der Waals surface area contributed by atoms with Crippen LogP contribution in [0.1, 0.15) is 19.3 Å². The van der Waals surface area contributed by atoms with Gasteiger partial charge in [-0.25, -0.2) is 17.9 Å². The van der Waals surface area contributed by atoms with Crippen molar-refractivity contribution in [2.24, 2.45) is 0 Å². The molecule has 3 N–H and O–H groups in total. The maximum absolute atomic E-state index is 12.1. The van der Waals surface area contributed by atoms with E-state index in [0.29, 0.717) is 6.42 Å². The van der Waals surface area contributed by atoms with E-state index >= 15 is 0 Å². The predicted octanol–water partition coefficient (Wildman–Crippen LogP) is 0.987. The minimum absolute atomic E-state index is 0.251. The van der Waals surface area contributed by atoms with Gasteiger partial charge in [-0.3, -0.25) is 4.79 Å². The number of alkyl halides is 3. The second-order valence-corrected chi connectivity index (χ2v) is 7.40. The number of halogens is 3. The van der Waals surface area contributed by atoms with E-state index in [2.05, 4.69) is 10.1 Å². The van der Waals surface area contributed by atoms with Gasteiger partial charge in [0.05, 0.1) is 11.4 Å². The van der Waals surface area contributed by atoms with Crippen molar-refractivity contribution in [3.8, 4) is 5.75 Å². The van der Waals surface area contributed by atoms with Crippen LogP contribution in [0.25, 0.3) is 0 Å². The molecule has 0 saturated heterocycles. The van der Waals surface area contributed by atoms with E-state index in [-0.39, 0.29) is 17.7 Å². The highest BCUT2D eigenvalue weighted by atomic mass is 32.2. The molecular weight excluding hydrogens is 381 g/mol. The van der Waals surface area contributed by atoms with Crippen molar-refractivity contribution in [3.63, 3.8) is 0 Å². The highest BCUT2D eigenvalue weighted by molar-refractivity contribution is 7.89. The van der Waals surface area contributed by atoms with Crippen molar-refractivity contribution in [2.75, 3.05) is 6.54 Å². The minimum atomic E-state index is -4.90. The zero-order valence-corrected chi connectivity index (χ0v) is 14.0. The van der Waals surface area contributed by atoms with E-state index in [0.717, 1.165) is 24.3 Å². The van der Waals surface area contributed by atoms with Gasteiger partial charge in [0.1, 0.15) is 11.3 Å². The van der Waals surface area contributed by atoms with Gasteiger partial charge < -0.3 is 15.2 Å². The molecule has 0 aromatic heterocycles. The van der Waals surface area contributed by atoms with Crippen LogP contribution in [0.2, 0.25) is 0 Å². The average molecular weight is 396 g/mol. The fraction of sp³-hybridized carbons (Fsp3) is 0.429. The molecule has 26 heavy (non-hydrogen) atoms. The first-order chi connectivity index (χ1) is 11.9. The van der Waals surface area contributed by atoms with Gasteiger partial charge in [-0.15, -0.1) is 13.2 Å². The lowest BCUT2D eigenvalue weighted by Gasteiger charge is -2.38. The highest BCUT2D eigenvalue weighted by Crippen LogP contribution is 2.31. The highest BCUT2D eigenvalue weighted by Gasteiger charge is 2.45. The molecule has 144 valence electrons. The standard InChI is InChI=1S/C14H15F3N2O6S/c15-14(16,17)25-9-2-4-10(5-3-9)26(23,24)18-8-11(20)19-13(12(21)22)6-1-7-13/h2-5,18H,1,6-8H2,(H,19,20)(H,21,22). The van der Waals surface area contributed by atoms with Crippen LogP contribution in [-0.2, 0) is 19.6 Å². The molecule has 1 fully saturated rings. The van der Waals surface area contributed by atoms with E-state index in [9.17, 15) is 31.2 Å². The Morgan fingerprint density at radius 2 is 1.77 bits per heavy atom. The number of aliphatic carboxylic acids is 1. The molecule has 1 aliphatic carbocycles. The van der Waals surface area contributed by atoms with E-state index < -0.39 is 46.1 Å².